The van der Waals surface area contributed by atoms with E-state index in [1.165, 1.54) is 0 Å². The highest BCUT2D eigenvalue weighted by atomic mass is 32.2. The lowest BCUT2D eigenvalue weighted by molar-refractivity contribution is -0.165. The maximum Gasteiger partial charge on any atom is 0.324 e. The van der Waals surface area contributed by atoms with E-state index in [1.54, 1.807) is 0 Å². The van der Waals surface area contributed by atoms with Crippen molar-refractivity contribution in [3.8, 4) is 0 Å². The molecule has 3 heterocycles. The van der Waals surface area contributed by atoms with Crippen molar-refractivity contribution in [2.75, 3.05) is 6.61 Å². The molecule has 4 fully saturated rings. The number of thioether (sulfide) groups is 1. The number of hydrogen-bond donors (Lipinski definition) is 0. The van der Waals surface area contributed by atoms with Crippen molar-refractivity contribution in [1.82, 2.24) is 4.90 Å². The van der Waals surface area contributed by atoms with Crippen LogP contribution in [0.2, 0.25) is 0 Å². The third-order valence-corrected chi connectivity index (χ3v) is 8.30. The van der Waals surface area contributed by atoms with Gasteiger partial charge in [-0.2, -0.15) is 0 Å². The van der Waals surface area contributed by atoms with E-state index in [0.29, 0.717) is 24.1 Å². The van der Waals surface area contributed by atoms with Crippen molar-refractivity contribution in [2.24, 2.45) is 11.8 Å². The molecule has 3 saturated heterocycles. The van der Waals surface area contributed by atoms with Crippen molar-refractivity contribution in [3.63, 3.8) is 0 Å². The average Bonchev–Trinajstić information content (AvgIpc) is 3.33. The lowest BCUT2D eigenvalue weighted by atomic mass is 9.93. The van der Waals surface area contributed by atoms with Crippen LogP contribution in [0.25, 0.3) is 0 Å². The molecule has 26 heavy (non-hydrogen) atoms. The number of carbonyl (C=O) groups excluding carboxylic acids is 2. The van der Waals surface area contributed by atoms with Gasteiger partial charge in [0.25, 0.3) is 0 Å². The Balaban J connectivity index is 1.42. The van der Waals surface area contributed by atoms with Crippen LogP contribution in [0.3, 0.4) is 0 Å². The van der Waals surface area contributed by atoms with Gasteiger partial charge in [0, 0.05) is 12.3 Å². The number of carbonyl (C=O) groups is 2. The molecular weight excluding hydrogens is 350 g/mol. The van der Waals surface area contributed by atoms with Crippen LogP contribution in [-0.4, -0.2) is 45.6 Å². The van der Waals surface area contributed by atoms with Crippen LogP contribution in [0.15, 0.2) is 30.3 Å². The number of fused-ring (bicyclic) bond motifs is 5. The first-order chi connectivity index (χ1) is 12.6. The normalized spacial score (nSPS) is 41.1. The molecule has 0 aromatic heterocycles. The maximum atomic E-state index is 13.1. The molecule has 1 saturated carbocycles. The fourth-order valence-corrected chi connectivity index (χ4v) is 7.28. The molecule has 0 amide bonds. The fourth-order valence-electron chi connectivity index (χ4n) is 5.27. The van der Waals surface area contributed by atoms with Gasteiger partial charge in [-0.1, -0.05) is 30.3 Å². The minimum absolute atomic E-state index is 0.0552. The summed E-state index contributed by atoms with van der Waals surface area (Å²) < 4.78 is 11.8. The monoisotopic (exact) mass is 373 g/mol. The molecular formula is C20H23NO4S. The maximum absolute atomic E-state index is 13.1. The van der Waals surface area contributed by atoms with E-state index in [4.69, 9.17) is 9.47 Å². The Labute approximate surface area is 157 Å². The molecule has 5 nitrogen and oxygen atoms in total. The predicted octanol–water partition coefficient (Wildman–Crippen LogP) is 2.59. The van der Waals surface area contributed by atoms with Crippen LogP contribution >= 0.6 is 11.8 Å². The third kappa shape index (κ3) is 2.31. The molecule has 0 radical (unpaired) electrons. The standard InChI is InChI=1S/C20H23NO4S/c1-20-15(9-10-25-20)26-18-16-13(7-8-14(16)22)17(21(18)20)19(23)24-11-12-5-3-2-4-6-12/h2-6,13,15-18H,7-11H2,1H3/t13-,15+,16-,17-,18+,20-/m0/s1. The van der Waals surface area contributed by atoms with Gasteiger partial charge in [0.1, 0.15) is 24.2 Å². The van der Waals surface area contributed by atoms with E-state index in [0.717, 1.165) is 18.4 Å². The third-order valence-electron chi connectivity index (χ3n) is 6.50. The van der Waals surface area contributed by atoms with E-state index in [-0.39, 0.29) is 35.8 Å². The molecule has 138 valence electrons. The van der Waals surface area contributed by atoms with E-state index >= 15 is 0 Å². The molecule has 1 aliphatic carbocycles. The van der Waals surface area contributed by atoms with E-state index < -0.39 is 5.72 Å². The van der Waals surface area contributed by atoms with Gasteiger partial charge in [0.15, 0.2) is 0 Å². The smallest absolute Gasteiger partial charge is 0.324 e. The summed E-state index contributed by atoms with van der Waals surface area (Å²) in [5.74, 6) is 0.101. The molecule has 6 heteroatoms. The zero-order chi connectivity index (χ0) is 17.9. The van der Waals surface area contributed by atoms with E-state index in [1.807, 2.05) is 42.1 Å². The molecule has 0 N–H and O–H groups in total. The van der Waals surface area contributed by atoms with Crippen molar-refractivity contribution >= 4 is 23.5 Å². The molecule has 4 aliphatic rings. The number of hydrogen-bond acceptors (Lipinski definition) is 6. The summed E-state index contributed by atoms with van der Waals surface area (Å²) in [6, 6.07) is 9.36. The second-order valence-electron chi connectivity index (χ2n) is 7.85. The second-order valence-corrected chi connectivity index (χ2v) is 9.17. The summed E-state index contributed by atoms with van der Waals surface area (Å²) in [5.41, 5.74) is 0.516. The number of nitrogens with zero attached hydrogens (tertiary/aromatic N) is 1. The second kappa shape index (κ2) is 6.08. The van der Waals surface area contributed by atoms with Gasteiger partial charge >= 0.3 is 5.97 Å². The number of rotatable bonds is 3. The van der Waals surface area contributed by atoms with Crippen LogP contribution in [0.4, 0.5) is 0 Å². The summed E-state index contributed by atoms with van der Waals surface area (Å²) in [4.78, 5) is 27.8. The van der Waals surface area contributed by atoms with Gasteiger partial charge < -0.3 is 9.47 Å². The summed E-state index contributed by atoms with van der Waals surface area (Å²) in [7, 11) is 0. The van der Waals surface area contributed by atoms with Crippen molar-refractivity contribution < 1.29 is 19.1 Å². The van der Waals surface area contributed by atoms with Crippen LogP contribution < -0.4 is 0 Å². The quantitative estimate of drug-likeness (QED) is 0.759. The Morgan fingerprint density at radius 3 is 2.96 bits per heavy atom. The largest absolute Gasteiger partial charge is 0.460 e. The first-order valence-electron chi connectivity index (χ1n) is 9.41. The van der Waals surface area contributed by atoms with Crippen LogP contribution in [0.5, 0.6) is 0 Å². The SMILES string of the molecule is C[C@]12OCC[C@H]1S[C@@H]1[C@@H]3C(=O)CC[C@@H]3[C@@H](C(=O)OCc3ccccc3)N12. The molecule has 3 aliphatic heterocycles. The van der Waals surface area contributed by atoms with Crippen molar-refractivity contribution in [2.45, 2.75) is 55.2 Å². The number of esters is 1. The Morgan fingerprint density at radius 1 is 1.35 bits per heavy atom. The predicted molar refractivity (Wildman–Crippen MR) is 97.2 cm³/mol. The van der Waals surface area contributed by atoms with E-state index in [2.05, 4.69) is 11.8 Å². The summed E-state index contributed by atoms with van der Waals surface area (Å²) in [5, 5.41) is 0.380. The van der Waals surface area contributed by atoms with Gasteiger partial charge in [-0.25, -0.2) is 4.90 Å². The molecule has 5 rings (SSSR count). The molecule has 0 bridgehead atoms. The zero-order valence-electron chi connectivity index (χ0n) is 14.8. The average molecular weight is 373 g/mol. The number of benzene rings is 1. The summed E-state index contributed by atoms with van der Waals surface area (Å²) in [6.45, 7) is 3.07. The summed E-state index contributed by atoms with van der Waals surface area (Å²) >= 11 is 1.84. The first kappa shape index (κ1) is 16.8. The van der Waals surface area contributed by atoms with Gasteiger partial charge in [-0.3, -0.25) is 9.59 Å². The van der Waals surface area contributed by atoms with Gasteiger partial charge in [0.2, 0.25) is 0 Å². The first-order valence-corrected chi connectivity index (χ1v) is 10.3. The lowest BCUT2D eigenvalue weighted by Gasteiger charge is -2.37. The fraction of sp³-hybridized carbons (Fsp3) is 0.600. The number of ketones is 1. The lowest BCUT2D eigenvalue weighted by Crippen LogP contribution is -2.54. The van der Waals surface area contributed by atoms with Gasteiger partial charge in [-0.05, 0) is 31.2 Å². The molecule has 0 spiro atoms. The zero-order valence-corrected chi connectivity index (χ0v) is 15.6. The minimum Gasteiger partial charge on any atom is -0.460 e. The van der Waals surface area contributed by atoms with Gasteiger partial charge in [0.05, 0.1) is 17.2 Å². The number of Topliss-reactive ketones (excluding diaryl/α,β-unsaturated/α-hetero) is 1. The Kier molecular flexibility index (Phi) is 3.92. The van der Waals surface area contributed by atoms with Gasteiger partial charge in [-0.15, -0.1) is 11.8 Å². The highest BCUT2D eigenvalue weighted by molar-refractivity contribution is 8.00. The topological polar surface area (TPSA) is 55.8 Å². The number of ether oxygens (including phenoxy) is 2. The molecule has 0 unspecified atom stereocenters. The highest BCUT2D eigenvalue weighted by Crippen LogP contribution is 2.60. The van der Waals surface area contributed by atoms with Crippen molar-refractivity contribution in [3.05, 3.63) is 35.9 Å². The van der Waals surface area contributed by atoms with Crippen LogP contribution in [0.1, 0.15) is 31.7 Å². The molecule has 1 aromatic rings. The molecule has 6 atom stereocenters. The summed E-state index contributed by atoms with van der Waals surface area (Å²) in [6.07, 6.45) is 2.35. The highest BCUT2D eigenvalue weighted by Gasteiger charge is 2.69. The Morgan fingerprint density at radius 2 is 2.15 bits per heavy atom. The van der Waals surface area contributed by atoms with Crippen LogP contribution in [-0.2, 0) is 25.7 Å². The van der Waals surface area contributed by atoms with E-state index in [9.17, 15) is 9.59 Å². The van der Waals surface area contributed by atoms with Crippen molar-refractivity contribution in [1.29, 1.82) is 0 Å². The minimum atomic E-state index is -0.462. The Hall–Kier alpha value is -1.37. The Bertz CT molecular complexity index is 741. The van der Waals surface area contributed by atoms with Crippen LogP contribution in [0, 0.1) is 11.8 Å². The molecule has 1 aromatic carbocycles.